The van der Waals surface area contributed by atoms with E-state index < -0.39 is 75.7 Å². The Hall–Kier alpha value is -2.49. The maximum absolute atomic E-state index is 12.8. The summed E-state index contributed by atoms with van der Waals surface area (Å²) in [5.74, 6) is -1.16. The summed E-state index contributed by atoms with van der Waals surface area (Å²) in [6.45, 7) is 3.10. The average Bonchev–Trinajstić information content (AvgIpc) is 4.01. The van der Waals surface area contributed by atoms with Crippen molar-refractivity contribution in [1.29, 1.82) is 0 Å². The number of esters is 2. The van der Waals surface area contributed by atoms with Gasteiger partial charge in [0.1, 0.15) is 43.2 Å². The summed E-state index contributed by atoms with van der Waals surface area (Å²) in [6.07, 6.45) is 28.6. The van der Waals surface area contributed by atoms with Crippen LogP contribution in [0.1, 0.15) is 155 Å². The number of aliphatic hydroxyl groups excluding tert-OH is 5. The van der Waals surface area contributed by atoms with Crippen molar-refractivity contribution in [2.45, 2.75) is 210 Å². The van der Waals surface area contributed by atoms with Crippen LogP contribution >= 0.6 is 7.82 Å². The van der Waals surface area contributed by atoms with Crippen molar-refractivity contribution in [2.24, 2.45) is 0 Å². The van der Waals surface area contributed by atoms with E-state index in [9.17, 15) is 44.6 Å². The summed E-state index contributed by atoms with van der Waals surface area (Å²) in [5.41, 5.74) is 0. The fourth-order valence-corrected chi connectivity index (χ4v) is 7.90. The van der Waals surface area contributed by atoms with Crippen molar-refractivity contribution in [1.82, 2.24) is 0 Å². The smallest absolute Gasteiger partial charge is 0.462 e. The Balaban J connectivity index is 1.72. The summed E-state index contributed by atoms with van der Waals surface area (Å²) in [4.78, 5) is 35.8. The molecule has 10 atom stereocenters. The number of carbonyl (C=O) groups excluding carboxylic acids is 2. The first kappa shape index (κ1) is 55.6. The van der Waals surface area contributed by atoms with E-state index in [-0.39, 0.29) is 12.8 Å². The lowest BCUT2D eigenvalue weighted by atomic mass is 9.85. The third-order valence-electron chi connectivity index (χ3n) is 10.8. The molecule has 0 radical (unpaired) electrons. The normalized spacial score (nSPS) is 25.7. The van der Waals surface area contributed by atoms with Crippen LogP contribution in [-0.4, -0.2) is 111 Å². The molecule has 15 heteroatoms. The maximum atomic E-state index is 12.8. The molecule has 1 saturated carbocycles. The average molecular weight is 899 g/mol. The first-order valence-corrected chi connectivity index (χ1v) is 24.7. The molecule has 0 aromatic rings. The SMILES string of the molecule is CC/C=C\C/C=C\C/C=C\C/C=C\CCCCCCC(=O)OC[C@H](COP(=O)(O)OC1[C@H](O)[C@H](O)C(O)[C@H](O)[C@H]1O)OC(=O)CCCCCCCC1OC1C/C=C\CCCCC. The van der Waals surface area contributed by atoms with Gasteiger partial charge < -0.3 is 44.6 Å². The van der Waals surface area contributed by atoms with E-state index in [1.54, 1.807) is 0 Å². The summed E-state index contributed by atoms with van der Waals surface area (Å²) in [5, 5.41) is 50.2. The lowest BCUT2D eigenvalue weighted by molar-refractivity contribution is -0.220. The third-order valence-corrected chi connectivity index (χ3v) is 11.8. The number of hydrogen-bond acceptors (Lipinski definition) is 13. The molecule has 1 heterocycles. The molecule has 356 valence electrons. The van der Waals surface area contributed by atoms with Crippen LogP contribution in [0, 0.1) is 0 Å². The van der Waals surface area contributed by atoms with Crippen LogP contribution in [0.15, 0.2) is 60.8 Å². The molecule has 1 saturated heterocycles. The predicted octanol–water partition coefficient (Wildman–Crippen LogP) is 7.93. The number of unbranched alkanes of at least 4 members (excludes halogenated alkanes) is 11. The number of rotatable bonds is 36. The van der Waals surface area contributed by atoms with Crippen molar-refractivity contribution in [3.8, 4) is 0 Å². The molecule has 5 unspecified atom stereocenters. The van der Waals surface area contributed by atoms with E-state index in [0.29, 0.717) is 25.0 Å². The number of carbonyl (C=O) groups is 2. The zero-order valence-corrected chi connectivity index (χ0v) is 38.2. The Bertz CT molecular complexity index is 1380. The Kier molecular flexibility index (Phi) is 30.5. The van der Waals surface area contributed by atoms with E-state index in [1.807, 2.05) is 0 Å². The molecule has 2 aliphatic rings. The van der Waals surface area contributed by atoms with E-state index in [2.05, 4.69) is 74.6 Å². The van der Waals surface area contributed by atoms with Gasteiger partial charge in [-0.1, -0.05) is 126 Å². The number of aliphatic hydroxyl groups is 5. The molecule has 0 spiro atoms. The van der Waals surface area contributed by atoms with Gasteiger partial charge in [0, 0.05) is 12.8 Å². The van der Waals surface area contributed by atoms with Crippen LogP contribution in [0.25, 0.3) is 0 Å². The minimum absolute atomic E-state index is 0.0651. The van der Waals surface area contributed by atoms with Crippen molar-refractivity contribution in [2.75, 3.05) is 13.2 Å². The Morgan fingerprint density at radius 1 is 0.597 bits per heavy atom. The highest BCUT2D eigenvalue weighted by Gasteiger charge is 2.51. The molecule has 1 aliphatic carbocycles. The zero-order valence-electron chi connectivity index (χ0n) is 37.3. The number of phosphoric ester groups is 1. The number of epoxide rings is 1. The number of phosphoric acid groups is 1. The van der Waals surface area contributed by atoms with E-state index in [4.69, 9.17) is 23.3 Å². The molecule has 6 N–H and O–H groups in total. The lowest BCUT2D eigenvalue weighted by Gasteiger charge is -2.41. The largest absolute Gasteiger partial charge is 0.472 e. The molecule has 2 fully saturated rings. The van der Waals surface area contributed by atoms with Crippen molar-refractivity contribution in [3.63, 3.8) is 0 Å². The maximum Gasteiger partial charge on any atom is 0.472 e. The first-order chi connectivity index (χ1) is 29.9. The number of ether oxygens (including phenoxy) is 3. The van der Waals surface area contributed by atoms with Crippen molar-refractivity contribution < 1.29 is 67.8 Å². The van der Waals surface area contributed by atoms with Gasteiger partial charge in [0.15, 0.2) is 6.10 Å². The van der Waals surface area contributed by atoms with Crippen LogP contribution in [0.5, 0.6) is 0 Å². The van der Waals surface area contributed by atoms with Crippen LogP contribution in [0.2, 0.25) is 0 Å². The van der Waals surface area contributed by atoms with Gasteiger partial charge in [0.25, 0.3) is 0 Å². The van der Waals surface area contributed by atoms with Gasteiger partial charge in [-0.15, -0.1) is 0 Å². The highest BCUT2D eigenvalue weighted by molar-refractivity contribution is 7.47. The summed E-state index contributed by atoms with van der Waals surface area (Å²) >= 11 is 0. The topological polar surface area (TPSA) is 222 Å². The number of allylic oxidation sites excluding steroid dienone is 9. The quantitative estimate of drug-likeness (QED) is 0.0116. The molecular formula is C47H79O14P. The highest BCUT2D eigenvalue weighted by Crippen LogP contribution is 2.47. The molecule has 1 aliphatic heterocycles. The van der Waals surface area contributed by atoms with Crippen molar-refractivity contribution in [3.05, 3.63) is 60.8 Å². The molecule has 0 amide bonds. The van der Waals surface area contributed by atoms with E-state index in [1.165, 1.54) is 19.3 Å². The zero-order chi connectivity index (χ0) is 45.4. The van der Waals surface area contributed by atoms with Gasteiger partial charge >= 0.3 is 19.8 Å². The Labute approximate surface area is 370 Å². The summed E-state index contributed by atoms with van der Waals surface area (Å²) < 4.78 is 39.3. The molecular weight excluding hydrogens is 819 g/mol. The summed E-state index contributed by atoms with van der Waals surface area (Å²) in [6, 6.07) is 0. The Morgan fingerprint density at radius 3 is 1.74 bits per heavy atom. The second-order valence-corrected chi connectivity index (χ2v) is 17.7. The minimum atomic E-state index is -5.14. The highest BCUT2D eigenvalue weighted by atomic mass is 31.2. The second-order valence-electron chi connectivity index (χ2n) is 16.3. The molecule has 62 heavy (non-hydrogen) atoms. The molecule has 0 aromatic carbocycles. The van der Waals surface area contributed by atoms with Gasteiger partial charge in [-0.25, -0.2) is 4.57 Å². The standard InChI is InChI=1S/C47H79O14P/c1-3-5-7-9-11-12-13-14-15-16-17-18-19-20-21-25-29-33-40(48)57-35-37(36-58-62(55,56)61-47-45(53)43(51)42(50)44(52)46(47)54)59-41(49)34-30-26-22-24-28-32-39-38(60-39)31-27-23-10-8-6-4-2/h5,7,11-12,14-15,17-18,23,27,37-39,42-47,50-54H,3-4,6,8-10,13,16,19-22,24-26,28-36H2,1-2H3,(H,55,56)/b7-5-,12-11-,15-14-,18-17-,27-23-/t37-,38?,39?,42?,43-,44+,45-,46-,47?/m1/s1. The predicted molar refractivity (Wildman–Crippen MR) is 239 cm³/mol. The van der Waals surface area contributed by atoms with Crippen LogP contribution < -0.4 is 0 Å². The third kappa shape index (κ3) is 25.7. The van der Waals surface area contributed by atoms with E-state index in [0.717, 1.165) is 96.3 Å². The molecule has 2 rings (SSSR count). The van der Waals surface area contributed by atoms with Crippen molar-refractivity contribution >= 4 is 19.8 Å². The fourth-order valence-electron chi connectivity index (χ4n) is 6.93. The van der Waals surface area contributed by atoms with E-state index >= 15 is 0 Å². The van der Waals surface area contributed by atoms with Gasteiger partial charge in [0.05, 0.1) is 18.8 Å². The molecule has 14 nitrogen and oxygen atoms in total. The minimum Gasteiger partial charge on any atom is -0.462 e. The van der Waals surface area contributed by atoms with Crippen LogP contribution in [-0.2, 0) is 37.4 Å². The Morgan fingerprint density at radius 2 is 1.11 bits per heavy atom. The van der Waals surface area contributed by atoms with Gasteiger partial charge in [0.2, 0.25) is 0 Å². The second kappa shape index (κ2) is 33.9. The first-order valence-electron chi connectivity index (χ1n) is 23.2. The number of hydrogen-bond donors (Lipinski definition) is 6. The van der Waals surface area contributed by atoms with Crippen LogP contribution in [0.3, 0.4) is 0 Å². The lowest BCUT2D eigenvalue weighted by Crippen LogP contribution is -2.64. The van der Waals surface area contributed by atoms with Crippen LogP contribution in [0.4, 0.5) is 0 Å². The molecule has 0 bridgehead atoms. The molecule has 0 aromatic heterocycles. The van der Waals surface area contributed by atoms with Gasteiger partial charge in [-0.3, -0.25) is 18.6 Å². The monoisotopic (exact) mass is 899 g/mol. The van der Waals surface area contributed by atoms with Gasteiger partial charge in [-0.2, -0.15) is 0 Å². The summed E-state index contributed by atoms with van der Waals surface area (Å²) in [7, 11) is -5.14. The van der Waals surface area contributed by atoms with Gasteiger partial charge in [-0.05, 0) is 77.0 Å². The fraction of sp³-hybridized carbons (Fsp3) is 0.745.